The van der Waals surface area contributed by atoms with Gasteiger partial charge in [0.2, 0.25) is 0 Å². The monoisotopic (exact) mass is 219 g/mol. The van der Waals surface area contributed by atoms with Gasteiger partial charge in [-0.2, -0.15) is 5.92 Å². The molecule has 0 heterocycles. The van der Waals surface area contributed by atoms with Crippen LogP contribution in [0.2, 0.25) is 0 Å². The summed E-state index contributed by atoms with van der Waals surface area (Å²) in [5.74, 6) is 2.00. The summed E-state index contributed by atoms with van der Waals surface area (Å²) < 4.78 is 0. The maximum Gasteiger partial charge on any atom is -0.0139 e. The fourth-order valence-corrected chi connectivity index (χ4v) is 3.10. The molecule has 1 aliphatic carbocycles. The quantitative estimate of drug-likeness (QED) is 0.443. The molecule has 0 aliphatic heterocycles. The summed E-state index contributed by atoms with van der Waals surface area (Å²) in [7, 11) is 0. The van der Waals surface area contributed by atoms with Gasteiger partial charge in [0.1, 0.15) is 0 Å². The SMILES string of the molecule is [CH2-]C(C)C1CC/C=C\C/C(C)=C(/CC)C1C. The molecular weight excluding hydrogens is 192 g/mol. The average molecular weight is 219 g/mol. The van der Waals surface area contributed by atoms with Gasteiger partial charge in [-0.1, -0.05) is 50.0 Å². The molecule has 0 bridgehead atoms. The Morgan fingerprint density at radius 2 is 2.12 bits per heavy atom. The summed E-state index contributed by atoms with van der Waals surface area (Å²) in [5.41, 5.74) is 3.26. The van der Waals surface area contributed by atoms with Crippen molar-refractivity contribution in [3.8, 4) is 0 Å². The predicted octanol–water partition coefficient (Wildman–Crippen LogP) is 5.18. The van der Waals surface area contributed by atoms with Gasteiger partial charge >= 0.3 is 0 Å². The largest absolute Gasteiger partial charge is 0.340 e. The summed E-state index contributed by atoms with van der Waals surface area (Å²) in [5, 5.41) is 0. The molecule has 16 heavy (non-hydrogen) atoms. The van der Waals surface area contributed by atoms with E-state index in [-0.39, 0.29) is 0 Å². The lowest BCUT2D eigenvalue weighted by Crippen LogP contribution is -2.20. The van der Waals surface area contributed by atoms with Crippen LogP contribution in [0.4, 0.5) is 0 Å². The normalized spacial score (nSPS) is 36.1. The molecule has 0 aromatic carbocycles. The summed E-state index contributed by atoms with van der Waals surface area (Å²) in [6.07, 6.45) is 9.55. The van der Waals surface area contributed by atoms with Crippen molar-refractivity contribution in [3.05, 3.63) is 30.2 Å². The van der Waals surface area contributed by atoms with Crippen LogP contribution in [-0.2, 0) is 0 Å². The molecule has 0 aromatic rings. The third kappa shape index (κ3) is 3.23. The molecule has 1 rings (SSSR count). The molecule has 0 aromatic heterocycles. The maximum atomic E-state index is 4.26. The van der Waals surface area contributed by atoms with Gasteiger partial charge in [-0.05, 0) is 38.5 Å². The van der Waals surface area contributed by atoms with Crippen LogP contribution >= 0.6 is 0 Å². The van der Waals surface area contributed by atoms with E-state index in [2.05, 4.69) is 46.8 Å². The minimum atomic E-state index is 0.552. The van der Waals surface area contributed by atoms with Gasteiger partial charge in [0.15, 0.2) is 0 Å². The van der Waals surface area contributed by atoms with Crippen molar-refractivity contribution in [2.24, 2.45) is 17.8 Å². The first-order valence-electron chi connectivity index (χ1n) is 6.74. The number of allylic oxidation sites excluding steroid dienone is 4. The van der Waals surface area contributed by atoms with Crippen LogP contribution in [-0.4, -0.2) is 0 Å². The number of hydrogen-bond acceptors (Lipinski definition) is 0. The fraction of sp³-hybridized carbons (Fsp3) is 0.688. The van der Waals surface area contributed by atoms with Crippen molar-refractivity contribution >= 4 is 0 Å². The van der Waals surface area contributed by atoms with E-state index in [0.717, 1.165) is 12.3 Å². The lowest BCUT2D eigenvalue weighted by Gasteiger charge is -2.33. The van der Waals surface area contributed by atoms with E-state index in [1.165, 1.54) is 19.3 Å². The van der Waals surface area contributed by atoms with E-state index in [4.69, 9.17) is 0 Å². The van der Waals surface area contributed by atoms with E-state index in [1.54, 1.807) is 11.1 Å². The lowest BCUT2D eigenvalue weighted by atomic mass is 9.76. The molecule has 3 atom stereocenters. The van der Waals surface area contributed by atoms with Gasteiger partial charge in [0.25, 0.3) is 0 Å². The highest BCUT2D eigenvalue weighted by atomic mass is 14.3. The highest BCUT2D eigenvalue weighted by molar-refractivity contribution is 5.19. The van der Waals surface area contributed by atoms with Crippen LogP contribution in [0.5, 0.6) is 0 Å². The Morgan fingerprint density at radius 1 is 1.44 bits per heavy atom. The Morgan fingerprint density at radius 3 is 2.69 bits per heavy atom. The lowest BCUT2D eigenvalue weighted by molar-refractivity contribution is 0.301. The Kier molecular flexibility index (Phi) is 5.31. The summed E-state index contributed by atoms with van der Waals surface area (Å²) in [6, 6.07) is 0. The van der Waals surface area contributed by atoms with Gasteiger partial charge in [0, 0.05) is 0 Å². The molecule has 3 unspecified atom stereocenters. The standard InChI is InChI=1S/C16H27/c1-6-15-13(4)10-8-7-9-11-16(12(2)3)14(15)5/h7-8,12,14,16H,2,6,9-11H2,1,3-5H3/q-1/b8-7-,15-13-. The Balaban J connectivity index is 2.98. The van der Waals surface area contributed by atoms with Crippen molar-refractivity contribution in [3.63, 3.8) is 0 Å². The molecule has 1 aliphatic rings. The first-order chi connectivity index (χ1) is 7.57. The second-order valence-electron chi connectivity index (χ2n) is 5.34. The van der Waals surface area contributed by atoms with E-state index < -0.39 is 0 Å². The topological polar surface area (TPSA) is 0 Å². The highest BCUT2D eigenvalue weighted by Crippen LogP contribution is 2.35. The molecular formula is C16H27-. The van der Waals surface area contributed by atoms with E-state index >= 15 is 0 Å². The fourth-order valence-electron chi connectivity index (χ4n) is 3.10. The highest BCUT2D eigenvalue weighted by Gasteiger charge is 2.21. The van der Waals surface area contributed by atoms with Crippen LogP contribution in [0.1, 0.15) is 53.4 Å². The molecule has 0 nitrogen and oxygen atoms in total. The molecule has 0 saturated carbocycles. The Hall–Kier alpha value is -0.520. The van der Waals surface area contributed by atoms with E-state index in [9.17, 15) is 0 Å². The molecule has 0 fully saturated rings. The third-order valence-corrected chi connectivity index (χ3v) is 4.11. The van der Waals surface area contributed by atoms with E-state index in [0.29, 0.717) is 11.8 Å². The van der Waals surface area contributed by atoms with Crippen LogP contribution in [0, 0.1) is 24.7 Å². The van der Waals surface area contributed by atoms with Crippen molar-refractivity contribution in [1.82, 2.24) is 0 Å². The smallest absolute Gasteiger partial charge is 0.0139 e. The summed E-state index contributed by atoms with van der Waals surface area (Å²) in [6.45, 7) is 13.5. The summed E-state index contributed by atoms with van der Waals surface area (Å²) >= 11 is 0. The first-order valence-corrected chi connectivity index (χ1v) is 6.74. The number of rotatable bonds is 2. The van der Waals surface area contributed by atoms with Crippen LogP contribution in [0.3, 0.4) is 0 Å². The van der Waals surface area contributed by atoms with Crippen molar-refractivity contribution in [1.29, 1.82) is 0 Å². The minimum absolute atomic E-state index is 0.552. The van der Waals surface area contributed by atoms with Crippen LogP contribution in [0.15, 0.2) is 23.3 Å². The first kappa shape index (κ1) is 13.5. The third-order valence-electron chi connectivity index (χ3n) is 4.11. The molecule has 0 amide bonds. The van der Waals surface area contributed by atoms with Crippen LogP contribution in [0.25, 0.3) is 0 Å². The van der Waals surface area contributed by atoms with Crippen molar-refractivity contribution in [2.45, 2.75) is 53.4 Å². The second kappa shape index (κ2) is 6.27. The molecule has 0 saturated heterocycles. The number of hydrogen-bond donors (Lipinski definition) is 0. The van der Waals surface area contributed by atoms with Crippen LogP contribution < -0.4 is 0 Å². The van der Waals surface area contributed by atoms with Gasteiger partial charge in [0.05, 0.1) is 0 Å². The maximum absolute atomic E-state index is 4.26. The molecule has 0 N–H and O–H groups in total. The average Bonchev–Trinajstić information content (AvgIpc) is 2.28. The van der Waals surface area contributed by atoms with Crippen molar-refractivity contribution < 1.29 is 0 Å². The minimum Gasteiger partial charge on any atom is -0.340 e. The van der Waals surface area contributed by atoms with Gasteiger partial charge in [-0.3, -0.25) is 0 Å². The zero-order valence-electron chi connectivity index (χ0n) is 11.4. The van der Waals surface area contributed by atoms with Gasteiger partial charge in [-0.25, -0.2) is 0 Å². The predicted molar refractivity (Wildman–Crippen MR) is 73.2 cm³/mol. The molecule has 92 valence electrons. The van der Waals surface area contributed by atoms with Gasteiger partial charge < -0.3 is 6.92 Å². The van der Waals surface area contributed by atoms with Gasteiger partial charge in [-0.15, -0.1) is 0 Å². The Bertz CT molecular complexity index is 268. The zero-order chi connectivity index (χ0) is 12.1. The summed E-state index contributed by atoms with van der Waals surface area (Å²) in [4.78, 5) is 0. The second-order valence-corrected chi connectivity index (χ2v) is 5.34. The molecule has 0 spiro atoms. The van der Waals surface area contributed by atoms with E-state index in [1.807, 2.05) is 0 Å². The van der Waals surface area contributed by atoms with Crippen molar-refractivity contribution in [2.75, 3.05) is 0 Å². The zero-order valence-corrected chi connectivity index (χ0v) is 11.4. The molecule has 0 radical (unpaired) electrons. The molecule has 0 heteroatoms. The Labute approximate surface area is 102 Å².